The fourth-order valence-corrected chi connectivity index (χ4v) is 3.33. The maximum atomic E-state index is 12.5. The van der Waals surface area contributed by atoms with Crippen LogP contribution >= 0.6 is 0 Å². The van der Waals surface area contributed by atoms with Gasteiger partial charge in [-0.3, -0.25) is 14.3 Å². The number of nitrogens with zero attached hydrogens (tertiary/aromatic N) is 4. The highest BCUT2D eigenvalue weighted by Crippen LogP contribution is 2.23. The maximum Gasteiger partial charge on any atom is 0.235 e. The van der Waals surface area contributed by atoms with Crippen LogP contribution in [0.5, 0.6) is 0 Å². The van der Waals surface area contributed by atoms with Crippen molar-refractivity contribution in [2.45, 2.75) is 39.3 Å². The SMILES string of the molecule is CC(C)[C@](C)(C#N)NC(=O)CN(C)[C@H](C)c1ccc(-n2cnc3ccccc32)cc1. The van der Waals surface area contributed by atoms with Gasteiger partial charge in [-0.2, -0.15) is 5.26 Å². The number of imidazole rings is 1. The van der Waals surface area contributed by atoms with E-state index >= 15 is 0 Å². The van der Waals surface area contributed by atoms with E-state index in [9.17, 15) is 10.1 Å². The van der Waals surface area contributed by atoms with Crippen molar-refractivity contribution >= 4 is 16.9 Å². The molecule has 1 N–H and O–H groups in total. The standard InChI is InChI=1S/C24H29N5O/c1-17(2)24(4,15-25)27-23(30)14-28(5)18(3)19-10-12-20(13-11-19)29-16-26-21-8-6-7-9-22(21)29/h6-13,16-18H,14H2,1-5H3,(H,27,30)/t18-,24+/m1/s1. The Morgan fingerprint density at radius 3 is 2.50 bits per heavy atom. The third-order valence-electron chi connectivity index (χ3n) is 5.95. The van der Waals surface area contributed by atoms with Crippen LogP contribution < -0.4 is 5.32 Å². The Hall–Kier alpha value is -3.17. The summed E-state index contributed by atoms with van der Waals surface area (Å²) >= 11 is 0. The summed E-state index contributed by atoms with van der Waals surface area (Å²) < 4.78 is 2.07. The molecule has 3 aromatic rings. The van der Waals surface area contributed by atoms with Gasteiger partial charge in [-0.05, 0) is 56.6 Å². The summed E-state index contributed by atoms with van der Waals surface area (Å²) in [6, 6.07) is 18.6. The predicted molar refractivity (Wildman–Crippen MR) is 119 cm³/mol. The van der Waals surface area contributed by atoms with Crippen LogP contribution in [0.4, 0.5) is 0 Å². The minimum atomic E-state index is -0.865. The molecule has 0 aliphatic carbocycles. The van der Waals surface area contributed by atoms with Crippen molar-refractivity contribution in [3.8, 4) is 11.8 Å². The lowest BCUT2D eigenvalue weighted by Gasteiger charge is -2.30. The summed E-state index contributed by atoms with van der Waals surface area (Å²) in [4.78, 5) is 18.9. The highest BCUT2D eigenvalue weighted by Gasteiger charge is 2.30. The molecule has 0 bridgehead atoms. The number of carbonyl (C=O) groups excluding carboxylic acids is 1. The molecule has 0 unspecified atom stereocenters. The van der Waals surface area contributed by atoms with Crippen LogP contribution in [0.15, 0.2) is 54.9 Å². The van der Waals surface area contributed by atoms with Gasteiger partial charge in [0.2, 0.25) is 5.91 Å². The van der Waals surface area contributed by atoms with Gasteiger partial charge >= 0.3 is 0 Å². The molecule has 6 heteroatoms. The summed E-state index contributed by atoms with van der Waals surface area (Å²) in [5.74, 6) is -0.121. The number of hydrogen-bond acceptors (Lipinski definition) is 4. The van der Waals surface area contributed by atoms with E-state index in [1.807, 2.05) is 50.3 Å². The number of likely N-dealkylation sites (N-methyl/N-ethyl adjacent to an activating group) is 1. The lowest BCUT2D eigenvalue weighted by Crippen LogP contribution is -2.51. The van der Waals surface area contributed by atoms with Gasteiger partial charge in [0.15, 0.2) is 0 Å². The van der Waals surface area contributed by atoms with Crippen molar-refractivity contribution in [2.75, 3.05) is 13.6 Å². The van der Waals surface area contributed by atoms with Crippen LogP contribution in [0.1, 0.15) is 39.3 Å². The summed E-state index contributed by atoms with van der Waals surface area (Å²) in [5.41, 5.74) is 3.33. The number of para-hydroxylation sites is 2. The Labute approximate surface area is 178 Å². The molecular formula is C24H29N5O. The topological polar surface area (TPSA) is 74.0 Å². The Kier molecular flexibility index (Phi) is 6.23. The molecule has 0 radical (unpaired) electrons. The van der Waals surface area contributed by atoms with E-state index in [1.54, 1.807) is 6.92 Å². The number of nitrogens with one attached hydrogen (secondary N) is 1. The molecule has 0 spiro atoms. The van der Waals surface area contributed by atoms with Crippen molar-refractivity contribution in [1.82, 2.24) is 19.8 Å². The molecule has 1 amide bonds. The van der Waals surface area contributed by atoms with Gasteiger partial charge in [-0.1, -0.05) is 38.1 Å². The van der Waals surface area contributed by atoms with Crippen molar-refractivity contribution in [3.05, 3.63) is 60.4 Å². The Morgan fingerprint density at radius 1 is 1.20 bits per heavy atom. The zero-order valence-electron chi connectivity index (χ0n) is 18.3. The van der Waals surface area contributed by atoms with Crippen LogP contribution in [0.2, 0.25) is 0 Å². The third kappa shape index (κ3) is 4.37. The first-order chi connectivity index (χ1) is 14.2. The fraction of sp³-hybridized carbons (Fsp3) is 0.375. The summed E-state index contributed by atoms with van der Waals surface area (Å²) in [6.45, 7) is 7.92. The second-order valence-corrected chi connectivity index (χ2v) is 8.30. The Balaban J connectivity index is 1.69. The van der Waals surface area contributed by atoms with Gasteiger partial charge in [0.1, 0.15) is 11.9 Å². The normalized spacial score (nSPS) is 14.5. The van der Waals surface area contributed by atoms with Crippen molar-refractivity contribution < 1.29 is 4.79 Å². The number of rotatable bonds is 7. The second-order valence-electron chi connectivity index (χ2n) is 8.30. The fourth-order valence-electron chi connectivity index (χ4n) is 3.33. The van der Waals surface area contributed by atoms with E-state index in [1.165, 1.54) is 0 Å². The van der Waals surface area contributed by atoms with Crippen molar-refractivity contribution in [3.63, 3.8) is 0 Å². The minimum absolute atomic E-state index is 0.0287. The highest BCUT2D eigenvalue weighted by atomic mass is 16.2. The number of carbonyl (C=O) groups is 1. The maximum absolute atomic E-state index is 12.5. The van der Waals surface area contributed by atoms with Gasteiger partial charge in [-0.25, -0.2) is 4.98 Å². The van der Waals surface area contributed by atoms with Crippen LogP contribution in [0, 0.1) is 17.2 Å². The molecule has 0 saturated heterocycles. The molecule has 1 aromatic heterocycles. The molecule has 1 heterocycles. The average Bonchev–Trinajstić information content (AvgIpc) is 3.17. The molecule has 6 nitrogen and oxygen atoms in total. The third-order valence-corrected chi connectivity index (χ3v) is 5.95. The monoisotopic (exact) mass is 403 g/mol. The molecule has 30 heavy (non-hydrogen) atoms. The van der Waals surface area contributed by atoms with Crippen molar-refractivity contribution in [2.24, 2.45) is 5.92 Å². The number of hydrogen-bond donors (Lipinski definition) is 1. The number of benzene rings is 2. The number of nitriles is 1. The average molecular weight is 404 g/mol. The first kappa shape index (κ1) is 21.5. The molecule has 0 aliphatic rings. The summed E-state index contributed by atoms with van der Waals surface area (Å²) in [6.07, 6.45) is 1.83. The molecule has 0 saturated carbocycles. The van der Waals surface area contributed by atoms with E-state index in [4.69, 9.17) is 0 Å². The molecule has 2 atom stereocenters. The lowest BCUT2D eigenvalue weighted by atomic mass is 9.90. The molecule has 0 fully saturated rings. The van der Waals surface area contributed by atoms with E-state index in [0.717, 1.165) is 22.3 Å². The number of fused-ring (bicyclic) bond motifs is 1. The molecular weight excluding hydrogens is 374 g/mol. The summed E-state index contributed by atoms with van der Waals surface area (Å²) in [5, 5.41) is 12.3. The number of aromatic nitrogens is 2. The zero-order chi connectivity index (χ0) is 21.9. The molecule has 3 rings (SSSR count). The molecule has 156 valence electrons. The van der Waals surface area contributed by atoms with E-state index in [2.05, 4.69) is 58.2 Å². The zero-order valence-corrected chi connectivity index (χ0v) is 18.3. The van der Waals surface area contributed by atoms with Crippen LogP contribution in [-0.2, 0) is 4.79 Å². The van der Waals surface area contributed by atoms with Gasteiger partial charge in [0.05, 0.1) is 23.6 Å². The Morgan fingerprint density at radius 2 is 1.87 bits per heavy atom. The second kappa shape index (κ2) is 8.68. The quantitative estimate of drug-likeness (QED) is 0.645. The van der Waals surface area contributed by atoms with Crippen molar-refractivity contribution in [1.29, 1.82) is 5.26 Å². The van der Waals surface area contributed by atoms with Gasteiger partial charge in [0.25, 0.3) is 0 Å². The van der Waals surface area contributed by atoms with Crippen LogP contribution in [-0.4, -0.2) is 39.5 Å². The summed E-state index contributed by atoms with van der Waals surface area (Å²) in [7, 11) is 1.92. The van der Waals surface area contributed by atoms with Gasteiger partial charge in [0, 0.05) is 11.7 Å². The first-order valence-corrected chi connectivity index (χ1v) is 10.2. The van der Waals surface area contributed by atoms with Crippen LogP contribution in [0.25, 0.3) is 16.7 Å². The highest BCUT2D eigenvalue weighted by molar-refractivity contribution is 5.79. The molecule has 0 aliphatic heterocycles. The van der Waals surface area contributed by atoms with Gasteiger partial charge in [-0.15, -0.1) is 0 Å². The number of amides is 1. The molecule has 2 aromatic carbocycles. The van der Waals surface area contributed by atoms with Gasteiger partial charge < -0.3 is 5.32 Å². The van der Waals surface area contributed by atoms with E-state index < -0.39 is 5.54 Å². The van der Waals surface area contributed by atoms with E-state index in [0.29, 0.717) is 0 Å². The largest absolute Gasteiger partial charge is 0.337 e. The van der Waals surface area contributed by atoms with E-state index in [-0.39, 0.29) is 24.4 Å². The lowest BCUT2D eigenvalue weighted by molar-refractivity contribution is -0.124. The minimum Gasteiger partial charge on any atom is -0.337 e. The van der Waals surface area contributed by atoms with Crippen LogP contribution in [0.3, 0.4) is 0 Å². The smallest absolute Gasteiger partial charge is 0.235 e. The predicted octanol–water partition coefficient (Wildman–Crippen LogP) is 4.07. The first-order valence-electron chi connectivity index (χ1n) is 10.2. The Bertz CT molecular complexity index is 1060.